The molecule has 1 aromatic rings. The zero-order valence-corrected chi connectivity index (χ0v) is 12.1. The minimum Gasteiger partial charge on any atom is -0.369 e. The van der Waals surface area contributed by atoms with E-state index in [1.165, 1.54) is 4.90 Å². The van der Waals surface area contributed by atoms with Gasteiger partial charge in [0, 0.05) is 23.7 Å². The summed E-state index contributed by atoms with van der Waals surface area (Å²) in [6, 6.07) is 8.08. The van der Waals surface area contributed by atoms with E-state index < -0.39 is 0 Å². The Morgan fingerprint density at radius 1 is 1.30 bits per heavy atom. The summed E-state index contributed by atoms with van der Waals surface area (Å²) in [5.41, 5.74) is 6.51. The zero-order chi connectivity index (χ0) is 14.1. The van der Waals surface area contributed by atoms with Crippen molar-refractivity contribution in [1.82, 2.24) is 4.90 Å². The Morgan fingerprint density at radius 2 is 2.10 bits per heavy atom. The Bertz CT molecular complexity index is 546. The molecule has 0 aliphatic carbocycles. The first kappa shape index (κ1) is 13.5. The Kier molecular flexibility index (Phi) is 3.70. The number of nitrogens with zero attached hydrogens (tertiary/aromatic N) is 1. The normalized spacial score (nSPS) is 25.3. The van der Waals surface area contributed by atoms with Crippen molar-refractivity contribution in [3.05, 3.63) is 29.8 Å². The Balaban J connectivity index is 1.75. The van der Waals surface area contributed by atoms with E-state index in [1.807, 2.05) is 23.1 Å². The van der Waals surface area contributed by atoms with E-state index in [2.05, 4.69) is 6.07 Å². The van der Waals surface area contributed by atoms with Crippen molar-refractivity contribution < 1.29 is 9.59 Å². The second kappa shape index (κ2) is 5.48. The summed E-state index contributed by atoms with van der Waals surface area (Å²) >= 11 is 1.74. The standard InChI is InChI=1S/C15H18N2O2S/c16-14(18)10-4-3-7-17(8-10)15(19)12-9-20-13-6-2-1-5-11(12)13/h1-2,5-6,10,12H,3-4,7-9H2,(H2,16,18)/t10-,12-/m0/s1. The predicted molar refractivity (Wildman–Crippen MR) is 78.4 cm³/mol. The van der Waals surface area contributed by atoms with Gasteiger partial charge < -0.3 is 10.6 Å². The first-order chi connectivity index (χ1) is 9.66. The van der Waals surface area contributed by atoms with Crippen LogP contribution in [0.2, 0.25) is 0 Å². The first-order valence-electron chi connectivity index (χ1n) is 6.96. The fourth-order valence-electron chi connectivity index (χ4n) is 3.00. The van der Waals surface area contributed by atoms with Crippen LogP contribution in [-0.4, -0.2) is 35.6 Å². The fourth-order valence-corrected chi connectivity index (χ4v) is 4.22. The molecule has 0 aromatic heterocycles. The first-order valence-corrected chi connectivity index (χ1v) is 7.95. The zero-order valence-electron chi connectivity index (χ0n) is 11.2. The maximum atomic E-state index is 12.7. The van der Waals surface area contributed by atoms with Crippen LogP contribution in [0.3, 0.4) is 0 Å². The second-order valence-corrected chi connectivity index (χ2v) is 6.49. The molecule has 0 radical (unpaired) electrons. The lowest BCUT2D eigenvalue weighted by atomic mass is 9.94. The van der Waals surface area contributed by atoms with Crippen LogP contribution < -0.4 is 5.73 Å². The van der Waals surface area contributed by atoms with Crippen LogP contribution in [0.25, 0.3) is 0 Å². The van der Waals surface area contributed by atoms with Crippen LogP contribution in [0, 0.1) is 5.92 Å². The van der Waals surface area contributed by atoms with E-state index >= 15 is 0 Å². The van der Waals surface area contributed by atoms with Gasteiger partial charge in [-0.3, -0.25) is 9.59 Å². The average Bonchev–Trinajstić information content (AvgIpc) is 2.90. The molecule has 0 bridgehead atoms. The third-order valence-corrected chi connectivity index (χ3v) is 5.32. The van der Waals surface area contributed by atoms with Gasteiger partial charge in [0.2, 0.25) is 11.8 Å². The molecular formula is C15H18N2O2S. The van der Waals surface area contributed by atoms with Gasteiger partial charge in [0.1, 0.15) is 0 Å². The highest BCUT2D eigenvalue weighted by Gasteiger charge is 2.35. The van der Waals surface area contributed by atoms with E-state index in [9.17, 15) is 9.59 Å². The van der Waals surface area contributed by atoms with E-state index in [4.69, 9.17) is 5.73 Å². The van der Waals surface area contributed by atoms with Gasteiger partial charge in [0.25, 0.3) is 0 Å². The molecule has 2 aliphatic heterocycles. The Morgan fingerprint density at radius 3 is 2.90 bits per heavy atom. The van der Waals surface area contributed by atoms with Crippen LogP contribution >= 0.6 is 11.8 Å². The number of likely N-dealkylation sites (tertiary alicyclic amines) is 1. The third-order valence-electron chi connectivity index (χ3n) is 4.13. The molecule has 1 fully saturated rings. The number of carbonyl (C=O) groups excluding carboxylic acids is 2. The smallest absolute Gasteiger partial charge is 0.231 e. The molecule has 1 aromatic carbocycles. The third kappa shape index (κ3) is 2.42. The number of hydrogen-bond acceptors (Lipinski definition) is 3. The molecule has 106 valence electrons. The molecule has 1 saturated heterocycles. The summed E-state index contributed by atoms with van der Waals surface area (Å²) < 4.78 is 0. The van der Waals surface area contributed by atoms with Crippen molar-refractivity contribution >= 4 is 23.6 Å². The number of piperidine rings is 1. The second-order valence-electron chi connectivity index (χ2n) is 5.43. The largest absolute Gasteiger partial charge is 0.369 e. The Hall–Kier alpha value is -1.49. The number of amides is 2. The number of nitrogens with two attached hydrogens (primary N) is 1. The number of benzene rings is 1. The van der Waals surface area contributed by atoms with Gasteiger partial charge in [-0.2, -0.15) is 0 Å². The van der Waals surface area contributed by atoms with Crippen molar-refractivity contribution in [1.29, 1.82) is 0 Å². The maximum absolute atomic E-state index is 12.7. The number of thioether (sulfide) groups is 1. The molecule has 20 heavy (non-hydrogen) atoms. The predicted octanol–water partition coefficient (Wildman–Crippen LogP) is 1.60. The monoisotopic (exact) mass is 290 g/mol. The minimum atomic E-state index is -0.288. The molecule has 2 atom stereocenters. The topological polar surface area (TPSA) is 63.4 Å². The fraction of sp³-hybridized carbons (Fsp3) is 0.467. The van der Waals surface area contributed by atoms with Crippen molar-refractivity contribution in [2.75, 3.05) is 18.8 Å². The molecule has 0 unspecified atom stereocenters. The number of hydrogen-bond donors (Lipinski definition) is 1. The minimum absolute atomic E-state index is 0.0668. The highest BCUT2D eigenvalue weighted by Crippen LogP contribution is 2.40. The van der Waals surface area contributed by atoms with Gasteiger partial charge in [-0.05, 0) is 24.5 Å². The molecular weight excluding hydrogens is 272 g/mol. The van der Waals surface area contributed by atoms with E-state index in [-0.39, 0.29) is 23.7 Å². The summed E-state index contributed by atoms with van der Waals surface area (Å²) in [5.74, 6) is 0.410. The summed E-state index contributed by atoms with van der Waals surface area (Å²) in [6.07, 6.45) is 1.66. The van der Waals surface area contributed by atoms with Gasteiger partial charge >= 0.3 is 0 Å². The molecule has 2 aliphatic rings. The van der Waals surface area contributed by atoms with Gasteiger partial charge in [-0.1, -0.05) is 18.2 Å². The lowest BCUT2D eigenvalue weighted by Crippen LogP contribution is -2.45. The molecule has 2 N–H and O–H groups in total. The molecule has 0 saturated carbocycles. The van der Waals surface area contributed by atoms with Crippen molar-refractivity contribution in [3.8, 4) is 0 Å². The molecule has 5 heteroatoms. The lowest BCUT2D eigenvalue weighted by molar-refractivity contribution is -0.135. The summed E-state index contributed by atoms with van der Waals surface area (Å²) in [4.78, 5) is 27.0. The molecule has 2 heterocycles. The van der Waals surface area contributed by atoms with Crippen LogP contribution in [0.1, 0.15) is 24.3 Å². The molecule has 3 rings (SSSR count). The van der Waals surface area contributed by atoms with Crippen molar-refractivity contribution in [2.24, 2.45) is 11.7 Å². The van der Waals surface area contributed by atoms with Crippen LogP contribution in [0.4, 0.5) is 0 Å². The number of rotatable bonds is 2. The van der Waals surface area contributed by atoms with Crippen LogP contribution in [-0.2, 0) is 9.59 Å². The van der Waals surface area contributed by atoms with Crippen LogP contribution in [0.5, 0.6) is 0 Å². The summed E-state index contributed by atoms with van der Waals surface area (Å²) in [5, 5.41) is 0. The van der Waals surface area contributed by atoms with Gasteiger partial charge in [0.05, 0.1) is 11.8 Å². The molecule has 0 spiro atoms. The molecule has 4 nitrogen and oxygen atoms in total. The SMILES string of the molecule is NC(=O)[C@H]1CCCN(C(=O)[C@H]2CSc3ccccc32)C1. The lowest BCUT2D eigenvalue weighted by Gasteiger charge is -2.33. The van der Waals surface area contributed by atoms with E-state index in [0.29, 0.717) is 6.54 Å². The van der Waals surface area contributed by atoms with Gasteiger partial charge in [-0.15, -0.1) is 11.8 Å². The summed E-state index contributed by atoms with van der Waals surface area (Å²) in [7, 11) is 0. The van der Waals surface area contributed by atoms with Crippen molar-refractivity contribution in [3.63, 3.8) is 0 Å². The van der Waals surface area contributed by atoms with Crippen molar-refractivity contribution in [2.45, 2.75) is 23.7 Å². The Labute approximate surface area is 122 Å². The highest BCUT2D eigenvalue weighted by molar-refractivity contribution is 7.99. The molecule has 2 amide bonds. The van der Waals surface area contributed by atoms with E-state index in [0.717, 1.165) is 30.7 Å². The van der Waals surface area contributed by atoms with Crippen LogP contribution in [0.15, 0.2) is 29.2 Å². The quantitative estimate of drug-likeness (QED) is 0.900. The number of primary amides is 1. The van der Waals surface area contributed by atoms with E-state index in [1.54, 1.807) is 11.8 Å². The number of fused-ring (bicyclic) bond motifs is 1. The average molecular weight is 290 g/mol. The van der Waals surface area contributed by atoms with Gasteiger partial charge in [-0.25, -0.2) is 0 Å². The van der Waals surface area contributed by atoms with Gasteiger partial charge in [0.15, 0.2) is 0 Å². The number of carbonyl (C=O) groups is 2. The summed E-state index contributed by atoms with van der Waals surface area (Å²) in [6.45, 7) is 1.23. The maximum Gasteiger partial charge on any atom is 0.231 e. The highest BCUT2D eigenvalue weighted by atomic mass is 32.2.